The summed E-state index contributed by atoms with van der Waals surface area (Å²) in [4.78, 5) is 23.2. The molecule has 1 amide bonds. The van der Waals surface area contributed by atoms with E-state index in [2.05, 4.69) is 20.3 Å². The van der Waals surface area contributed by atoms with E-state index < -0.39 is 25.0 Å². The Balaban J connectivity index is 1.60. The van der Waals surface area contributed by atoms with Crippen LogP contribution in [0.15, 0.2) is 60.9 Å². The first kappa shape index (κ1) is 22.3. The molecule has 0 aliphatic carbocycles. The fourth-order valence-electron chi connectivity index (χ4n) is 3.28. The molecule has 0 bridgehead atoms. The number of rotatable bonds is 8. The van der Waals surface area contributed by atoms with E-state index >= 15 is 0 Å². The molecular formula is C23H21F2N4O4+. The number of pyridine rings is 1. The number of halogens is 2. The molecule has 2 heterocycles. The summed E-state index contributed by atoms with van der Waals surface area (Å²) in [5, 5.41) is 21.0. The number of imidazole rings is 1. The number of H-pyrrole nitrogens is 2. The van der Waals surface area contributed by atoms with Crippen LogP contribution < -0.4 is 15.0 Å². The van der Waals surface area contributed by atoms with E-state index in [1.165, 1.54) is 18.3 Å². The Bertz CT molecular complexity index is 1280. The van der Waals surface area contributed by atoms with Gasteiger partial charge in [-0.2, -0.15) is 0 Å². The number of fused-ring (bicyclic) bond motifs is 1. The number of aromatic nitrogens is 3. The van der Waals surface area contributed by atoms with Gasteiger partial charge >= 0.3 is 0 Å². The number of ether oxygens (including phenoxy) is 1. The van der Waals surface area contributed by atoms with Gasteiger partial charge in [-0.1, -0.05) is 30.3 Å². The number of carbonyl (C=O) groups is 1. The highest BCUT2D eigenvalue weighted by atomic mass is 19.3. The van der Waals surface area contributed by atoms with Crippen LogP contribution in [0.25, 0.3) is 22.4 Å². The van der Waals surface area contributed by atoms with Gasteiger partial charge in [0.1, 0.15) is 40.9 Å². The molecule has 4 aromatic rings. The summed E-state index contributed by atoms with van der Waals surface area (Å²) in [6.45, 7) is -0.525. The van der Waals surface area contributed by atoms with Gasteiger partial charge in [0.25, 0.3) is 12.3 Å². The smallest absolute Gasteiger partial charge is 0.264 e. The minimum absolute atomic E-state index is 0.0989. The number of hydrogen-bond donors (Lipinski definition) is 4. The first-order valence-electron chi connectivity index (χ1n) is 10.1. The average Bonchev–Trinajstić information content (AvgIpc) is 3.27. The molecule has 10 heteroatoms. The zero-order valence-electron chi connectivity index (χ0n) is 17.3. The number of benzene rings is 2. The molecule has 0 aliphatic rings. The number of anilines is 1. The Labute approximate surface area is 186 Å². The highest BCUT2D eigenvalue weighted by Crippen LogP contribution is 2.31. The van der Waals surface area contributed by atoms with Crippen molar-refractivity contribution in [2.45, 2.75) is 12.5 Å². The molecule has 33 heavy (non-hydrogen) atoms. The van der Waals surface area contributed by atoms with Crippen LogP contribution in [0.3, 0.4) is 0 Å². The van der Waals surface area contributed by atoms with Crippen molar-refractivity contribution in [3.63, 3.8) is 0 Å². The number of amides is 1. The van der Waals surface area contributed by atoms with Gasteiger partial charge in [-0.15, -0.1) is 0 Å². The Kier molecular flexibility index (Phi) is 6.57. The molecule has 8 nitrogen and oxygen atoms in total. The van der Waals surface area contributed by atoms with Crippen molar-refractivity contribution >= 4 is 22.6 Å². The average molecular weight is 455 g/mol. The number of aliphatic hydroxyl groups excluding tert-OH is 2. The molecule has 0 radical (unpaired) electrons. The number of aromatic amines is 2. The number of hydrogen-bond acceptors (Lipinski definition) is 5. The number of carbonyl (C=O) groups excluding carboxylic acids is 1. The Morgan fingerprint density at radius 2 is 2.00 bits per heavy atom. The number of nitrogens with zero attached hydrogens (tertiary/aromatic N) is 1. The molecule has 2 aromatic carbocycles. The highest BCUT2D eigenvalue weighted by molar-refractivity contribution is 6.11. The maximum absolute atomic E-state index is 13.4. The third kappa shape index (κ3) is 4.97. The second-order valence-electron chi connectivity index (χ2n) is 7.23. The van der Waals surface area contributed by atoms with Gasteiger partial charge in [-0.25, -0.2) is 18.7 Å². The van der Waals surface area contributed by atoms with Gasteiger partial charge in [0, 0.05) is 22.9 Å². The Morgan fingerprint density at radius 3 is 2.79 bits per heavy atom. The zero-order chi connectivity index (χ0) is 23.4. The predicted octanol–water partition coefficient (Wildman–Crippen LogP) is 2.97. The third-order valence-corrected chi connectivity index (χ3v) is 4.88. The molecule has 0 unspecified atom stereocenters. The van der Waals surface area contributed by atoms with Crippen LogP contribution in [0.1, 0.15) is 22.3 Å². The van der Waals surface area contributed by atoms with Gasteiger partial charge < -0.3 is 25.3 Å². The maximum atomic E-state index is 13.4. The van der Waals surface area contributed by atoms with E-state index in [-0.39, 0.29) is 29.1 Å². The Hall–Kier alpha value is -3.89. The van der Waals surface area contributed by atoms with Crippen LogP contribution in [0.4, 0.5) is 14.5 Å². The summed E-state index contributed by atoms with van der Waals surface area (Å²) in [6.07, 6.45) is -0.620. The molecule has 5 N–H and O–H groups in total. The van der Waals surface area contributed by atoms with Crippen molar-refractivity contribution in [1.82, 2.24) is 9.97 Å². The van der Waals surface area contributed by atoms with E-state index in [4.69, 9.17) is 9.84 Å². The second kappa shape index (κ2) is 9.72. The minimum atomic E-state index is -2.67. The van der Waals surface area contributed by atoms with Crippen molar-refractivity contribution in [1.29, 1.82) is 0 Å². The van der Waals surface area contributed by atoms with Crippen LogP contribution >= 0.6 is 0 Å². The van der Waals surface area contributed by atoms with Crippen molar-refractivity contribution < 1.29 is 33.5 Å². The molecule has 0 saturated carbocycles. The summed E-state index contributed by atoms with van der Waals surface area (Å²) >= 11 is 0. The largest absolute Gasteiger partial charge is 0.491 e. The number of nitrogens with one attached hydrogen (secondary N) is 3. The van der Waals surface area contributed by atoms with Crippen molar-refractivity contribution in [2.75, 3.05) is 18.5 Å². The molecule has 0 spiro atoms. The molecule has 0 fully saturated rings. The normalized spacial score (nSPS) is 12.2. The van der Waals surface area contributed by atoms with Gasteiger partial charge in [0.05, 0.1) is 6.61 Å². The lowest BCUT2D eigenvalue weighted by Gasteiger charge is -2.11. The number of alkyl halides is 2. The lowest BCUT2D eigenvalue weighted by atomic mass is 10.1. The minimum Gasteiger partial charge on any atom is -0.491 e. The summed E-state index contributed by atoms with van der Waals surface area (Å²) in [5.74, 6) is 0.160. The lowest BCUT2D eigenvalue weighted by molar-refractivity contribution is -0.376. The summed E-state index contributed by atoms with van der Waals surface area (Å²) < 4.78 is 32.2. The summed E-state index contributed by atoms with van der Waals surface area (Å²) in [5.41, 5.74) is 1.55. The molecular weight excluding hydrogens is 434 g/mol. The first-order chi connectivity index (χ1) is 16.0. The van der Waals surface area contributed by atoms with E-state index in [0.717, 1.165) is 0 Å². The highest BCUT2D eigenvalue weighted by Gasteiger charge is 2.21. The summed E-state index contributed by atoms with van der Waals surface area (Å²) in [7, 11) is 0. The SMILES string of the molecule is O=C(Nc1cccc(OC[C@H](O)CO)c1)c1c[nH+]cc2[nH]c(-c3ccccc3C(F)F)nc12. The maximum Gasteiger partial charge on any atom is 0.264 e. The van der Waals surface area contributed by atoms with Crippen LogP contribution in [0.2, 0.25) is 0 Å². The first-order valence-corrected chi connectivity index (χ1v) is 10.1. The lowest BCUT2D eigenvalue weighted by Crippen LogP contribution is -2.21. The third-order valence-electron chi connectivity index (χ3n) is 4.88. The van der Waals surface area contributed by atoms with E-state index in [9.17, 15) is 18.7 Å². The van der Waals surface area contributed by atoms with E-state index in [1.54, 1.807) is 42.6 Å². The van der Waals surface area contributed by atoms with Crippen LogP contribution in [-0.4, -0.2) is 45.4 Å². The fourth-order valence-corrected chi connectivity index (χ4v) is 3.28. The monoisotopic (exact) mass is 455 g/mol. The van der Waals surface area contributed by atoms with Gasteiger partial charge in [-0.05, 0) is 12.1 Å². The predicted molar refractivity (Wildman–Crippen MR) is 116 cm³/mol. The molecule has 2 aromatic heterocycles. The van der Waals surface area contributed by atoms with Gasteiger partial charge in [0.15, 0.2) is 12.4 Å². The van der Waals surface area contributed by atoms with Crippen LogP contribution in [0.5, 0.6) is 5.75 Å². The van der Waals surface area contributed by atoms with Crippen LogP contribution in [-0.2, 0) is 0 Å². The van der Waals surface area contributed by atoms with E-state index in [1.807, 2.05) is 0 Å². The van der Waals surface area contributed by atoms with Crippen LogP contribution in [0, 0.1) is 0 Å². The molecule has 4 rings (SSSR count). The molecule has 0 saturated heterocycles. The standard InChI is InChI=1S/C23H20F2N4O4/c24-21(25)16-6-1-2-7-17(16)22-28-19-10-26-9-18(20(19)29-22)23(32)27-13-4-3-5-15(8-13)33-12-14(31)11-30/h1-10,14,21,30-31H,11-12H2,(H,27,32)(H,28,29)/p+1/t14-/m1/s1. The quantitative estimate of drug-likeness (QED) is 0.326. The summed E-state index contributed by atoms with van der Waals surface area (Å²) in [6, 6.07) is 12.6. The molecule has 1 atom stereocenters. The molecule has 0 aliphatic heterocycles. The van der Waals surface area contributed by atoms with Crippen molar-refractivity contribution in [3.8, 4) is 17.1 Å². The van der Waals surface area contributed by atoms with Gasteiger partial charge in [0.2, 0.25) is 0 Å². The Morgan fingerprint density at radius 1 is 1.18 bits per heavy atom. The molecule has 170 valence electrons. The van der Waals surface area contributed by atoms with Gasteiger partial charge in [-0.3, -0.25) is 4.79 Å². The fraction of sp³-hybridized carbons (Fsp3) is 0.174. The van der Waals surface area contributed by atoms with Crippen molar-refractivity contribution in [3.05, 3.63) is 72.1 Å². The zero-order valence-corrected chi connectivity index (χ0v) is 17.3. The number of aliphatic hydroxyl groups is 2. The second-order valence-corrected chi connectivity index (χ2v) is 7.23. The topological polar surface area (TPSA) is 122 Å². The van der Waals surface area contributed by atoms with Crippen molar-refractivity contribution in [2.24, 2.45) is 0 Å². The van der Waals surface area contributed by atoms with E-state index in [0.29, 0.717) is 22.5 Å².